The molecule has 1 aromatic heterocycles. The molecule has 5 heteroatoms. The van der Waals surface area contributed by atoms with E-state index in [1.807, 2.05) is 44.6 Å². The molecule has 2 rings (SSSR count). The summed E-state index contributed by atoms with van der Waals surface area (Å²) in [6.45, 7) is 7.02. The maximum Gasteiger partial charge on any atom is 0.165 e. The van der Waals surface area contributed by atoms with Gasteiger partial charge in [0, 0.05) is 12.6 Å². The van der Waals surface area contributed by atoms with Crippen LogP contribution < -0.4 is 10.1 Å². The van der Waals surface area contributed by atoms with Crippen molar-refractivity contribution in [3.05, 3.63) is 47.0 Å². The van der Waals surface area contributed by atoms with Crippen molar-refractivity contribution in [1.82, 2.24) is 15.1 Å². The Morgan fingerprint density at radius 3 is 2.76 bits per heavy atom. The van der Waals surface area contributed by atoms with Crippen molar-refractivity contribution in [3.63, 3.8) is 0 Å². The topological polar surface area (TPSA) is 39.1 Å². The summed E-state index contributed by atoms with van der Waals surface area (Å²) < 4.78 is 21.5. The third-order valence-electron chi connectivity index (χ3n) is 3.55. The molecule has 0 aliphatic heterocycles. The highest BCUT2D eigenvalue weighted by Gasteiger charge is 2.10. The van der Waals surface area contributed by atoms with Gasteiger partial charge in [0.25, 0.3) is 0 Å². The van der Waals surface area contributed by atoms with Gasteiger partial charge in [0.1, 0.15) is 6.61 Å². The van der Waals surface area contributed by atoms with E-state index in [-0.39, 0.29) is 17.6 Å². The molecule has 1 N–H and O–H groups in total. The molecule has 0 bridgehead atoms. The second-order valence-electron chi connectivity index (χ2n) is 5.08. The van der Waals surface area contributed by atoms with Crippen molar-refractivity contribution >= 4 is 0 Å². The Balaban J connectivity index is 2.09. The molecule has 1 aromatic carbocycles. The van der Waals surface area contributed by atoms with E-state index in [9.17, 15) is 4.39 Å². The van der Waals surface area contributed by atoms with Crippen molar-refractivity contribution in [3.8, 4) is 5.75 Å². The van der Waals surface area contributed by atoms with Gasteiger partial charge in [-0.2, -0.15) is 5.10 Å². The molecule has 1 heterocycles. The van der Waals surface area contributed by atoms with Crippen molar-refractivity contribution in [1.29, 1.82) is 0 Å². The van der Waals surface area contributed by atoms with Crippen LogP contribution in [0.3, 0.4) is 0 Å². The molecule has 0 saturated carbocycles. The van der Waals surface area contributed by atoms with E-state index >= 15 is 0 Å². The zero-order valence-corrected chi connectivity index (χ0v) is 13.0. The lowest BCUT2D eigenvalue weighted by Crippen LogP contribution is -2.12. The molecule has 114 valence electrons. The molecule has 0 aliphatic carbocycles. The minimum absolute atomic E-state index is 0.109. The number of nitrogens with zero attached hydrogens (tertiary/aromatic N) is 2. The van der Waals surface area contributed by atoms with Gasteiger partial charge < -0.3 is 10.1 Å². The molecule has 0 aliphatic rings. The van der Waals surface area contributed by atoms with Crippen LogP contribution >= 0.6 is 0 Å². The van der Waals surface area contributed by atoms with Gasteiger partial charge in [0.2, 0.25) is 0 Å². The first-order valence-electron chi connectivity index (χ1n) is 7.18. The highest BCUT2D eigenvalue weighted by atomic mass is 19.1. The Morgan fingerprint density at radius 1 is 1.38 bits per heavy atom. The maximum atomic E-state index is 14.1. The van der Waals surface area contributed by atoms with Gasteiger partial charge in [0.15, 0.2) is 11.6 Å². The van der Waals surface area contributed by atoms with Gasteiger partial charge in [-0.1, -0.05) is 6.07 Å². The Hall–Kier alpha value is -1.88. The average Bonchev–Trinajstić information content (AvgIpc) is 2.85. The van der Waals surface area contributed by atoms with E-state index in [0.717, 1.165) is 23.5 Å². The fourth-order valence-corrected chi connectivity index (χ4v) is 2.21. The van der Waals surface area contributed by atoms with Crippen molar-refractivity contribution < 1.29 is 9.13 Å². The first kappa shape index (κ1) is 15.5. The summed E-state index contributed by atoms with van der Waals surface area (Å²) >= 11 is 0. The Kier molecular flexibility index (Phi) is 4.96. The zero-order chi connectivity index (χ0) is 15.4. The molecule has 0 saturated heterocycles. The summed E-state index contributed by atoms with van der Waals surface area (Å²) in [6, 6.07) is 7.13. The summed E-state index contributed by atoms with van der Waals surface area (Å²) in [7, 11) is 1.85. The van der Waals surface area contributed by atoms with Crippen molar-refractivity contribution in [2.24, 2.45) is 0 Å². The lowest BCUT2D eigenvalue weighted by atomic mass is 10.1. The second kappa shape index (κ2) is 6.72. The molecule has 1 unspecified atom stereocenters. The van der Waals surface area contributed by atoms with Gasteiger partial charge in [-0.05, 0) is 51.6 Å². The number of aromatic nitrogens is 2. The number of hydrogen-bond acceptors (Lipinski definition) is 3. The number of halogens is 1. The summed E-state index contributed by atoms with van der Waals surface area (Å²) in [6.07, 6.45) is 0. The van der Waals surface area contributed by atoms with Gasteiger partial charge in [-0.25, -0.2) is 4.39 Å². The van der Waals surface area contributed by atoms with Crippen LogP contribution in [0.25, 0.3) is 0 Å². The van der Waals surface area contributed by atoms with Crippen LogP contribution in [0.5, 0.6) is 5.75 Å². The summed E-state index contributed by atoms with van der Waals surface area (Å²) in [5.41, 5.74) is 2.79. The van der Waals surface area contributed by atoms with E-state index in [2.05, 4.69) is 10.4 Å². The largest absolute Gasteiger partial charge is 0.484 e. The summed E-state index contributed by atoms with van der Waals surface area (Å²) in [5, 5.41) is 7.43. The molecule has 0 spiro atoms. The van der Waals surface area contributed by atoms with Crippen molar-refractivity contribution in [2.75, 3.05) is 7.05 Å². The average molecular weight is 291 g/mol. The molecule has 1 atom stereocenters. The molecular formula is C16H22FN3O. The van der Waals surface area contributed by atoms with Gasteiger partial charge >= 0.3 is 0 Å². The smallest absolute Gasteiger partial charge is 0.165 e. The number of ether oxygens (including phenoxy) is 1. The summed E-state index contributed by atoms with van der Waals surface area (Å²) in [4.78, 5) is 0. The molecule has 0 amide bonds. The number of aryl methyl sites for hydroxylation is 2. The quantitative estimate of drug-likeness (QED) is 0.888. The highest BCUT2D eigenvalue weighted by Crippen LogP contribution is 2.23. The van der Waals surface area contributed by atoms with E-state index in [1.54, 1.807) is 6.07 Å². The molecule has 2 aromatic rings. The number of nitrogens with one attached hydrogen (secondary N) is 1. The lowest BCUT2D eigenvalue weighted by Gasteiger charge is -2.13. The lowest BCUT2D eigenvalue weighted by molar-refractivity contribution is 0.278. The van der Waals surface area contributed by atoms with Crippen LogP contribution in [-0.4, -0.2) is 16.8 Å². The van der Waals surface area contributed by atoms with Gasteiger partial charge in [-0.15, -0.1) is 0 Å². The van der Waals surface area contributed by atoms with E-state index in [1.165, 1.54) is 6.07 Å². The molecule has 0 fully saturated rings. The fraction of sp³-hybridized carbons (Fsp3) is 0.438. The monoisotopic (exact) mass is 291 g/mol. The minimum Gasteiger partial charge on any atom is -0.484 e. The van der Waals surface area contributed by atoms with Crippen LogP contribution in [0, 0.1) is 12.7 Å². The molecule has 4 nitrogen and oxygen atoms in total. The van der Waals surface area contributed by atoms with Crippen LogP contribution in [0.4, 0.5) is 4.39 Å². The fourth-order valence-electron chi connectivity index (χ4n) is 2.21. The van der Waals surface area contributed by atoms with Crippen LogP contribution in [-0.2, 0) is 13.2 Å². The van der Waals surface area contributed by atoms with Gasteiger partial charge in [-0.3, -0.25) is 4.68 Å². The Labute approximate surface area is 124 Å². The first-order chi connectivity index (χ1) is 10.0. The predicted molar refractivity (Wildman–Crippen MR) is 80.8 cm³/mol. The van der Waals surface area contributed by atoms with Crippen LogP contribution in [0.2, 0.25) is 0 Å². The Bertz CT molecular complexity index is 610. The molecule has 0 radical (unpaired) electrons. The van der Waals surface area contributed by atoms with Crippen LogP contribution in [0.15, 0.2) is 24.3 Å². The minimum atomic E-state index is -0.339. The van der Waals surface area contributed by atoms with Gasteiger partial charge in [0.05, 0.1) is 11.4 Å². The third kappa shape index (κ3) is 3.61. The zero-order valence-electron chi connectivity index (χ0n) is 13.0. The number of hydrogen-bond donors (Lipinski definition) is 1. The van der Waals surface area contributed by atoms with E-state index in [0.29, 0.717) is 6.61 Å². The summed E-state index contributed by atoms with van der Waals surface area (Å²) in [5.74, 6) is -0.0718. The van der Waals surface area contributed by atoms with Crippen LogP contribution in [0.1, 0.15) is 36.8 Å². The van der Waals surface area contributed by atoms with E-state index in [4.69, 9.17) is 4.74 Å². The number of benzene rings is 1. The highest BCUT2D eigenvalue weighted by molar-refractivity contribution is 5.31. The normalized spacial score (nSPS) is 12.4. The molecule has 21 heavy (non-hydrogen) atoms. The van der Waals surface area contributed by atoms with E-state index < -0.39 is 0 Å². The maximum absolute atomic E-state index is 14.1. The predicted octanol–water partition coefficient (Wildman–Crippen LogP) is 3.21. The first-order valence-corrected chi connectivity index (χ1v) is 7.18. The van der Waals surface area contributed by atoms with Crippen molar-refractivity contribution in [2.45, 2.75) is 40.0 Å². The third-order valence-corrected chi connectivity index (χ3v) is 3.55. The SMILES string of the molecule is CCn1nc(C)cc1COc1ccc(C(C)NC)cc1F. The molecular weight excluding hydrogens is 269 g/mol. The standard InChI is InChI=1S/C16H22FN3O/c1-5-20-14(8-11(2)19-20)10-21-16-7-6-13(9-15(16)17)12(3)18-4/h6-9,12,18H,5,10H2,1-4H3. The Morgan fingerprint density at radius 2 is 2.14 bits per heavy atom. The second-order valence-corrected chi connectivity index (χ2v) is 5.08. The number of rotatable bonds is 6.